The summed E-state index contributed by atoms with van der Waals surface area (Å²) in [5, 5.41) is 1.56. The third kappa shape index (κ3) is 4.63. The lowest BCUT2D eigenvalue weighted by atomic mass is 10.0. The van der Waals surface area contributed by atoms with Crippen molar-refractivity contribution in [2.75, 3.05) is 25.1 Å². The van der Waals surface area contributed by atoms with Crippen LogP contribution in [0.2, 0.25) is 5.02 Å². The molecule has 1 saturated heterocycles. The quantitative estimate of drug-likeness (QED) is 0.800. The van der Waals surface area contributed by atoms with E-state index in [0.29, 0.717) is 24.0 Å². The number of hydrogen-bond donors (Lipinski definition) is 0. The Morgan fingerprint density at radius 2 is 2.32 bits per heavy atom. The van der Waals surface area contributed by atoms with Gasteiger partial charge in [-0.05, 0) is 30.9 Å². The van der Waals surface area contributed by atoms with Crippen LogP contribution in [-0.4, -0.2) is 42.8 Å². The maximum absolute atomic E-state index is 11.5. The fourth-order valence-electron chi connectivity index (χ4n) is 2.11. The van der Waals surface area contributed by atoms with Gasteiger partial charge in [0.1, 0.15) is 0 Å². The van der Waals surface area contributed by atoms with E-state index in [1.807, 2.05) is 12.1 Å². The standard InChI is InChI=1S/C12H17ClN2O2S2/c1-19(16,17)15-6-2-3-10(8-15)9-18-12-5-4-11(13)7-14-12/h4-5,7,10H,2-3,6,8-9H2,1H3. The predicted molar refractivity (Wildman–Crippen MR) is 79.1 cm³/mol. The number of piperidine rings is 1. The van der Waals surface area contributed by atoms with Crippen LogP contribution in [0.5, 0.6) is 0 Å². The van der Waals surface area contributed by atoms with Gasteiger partial charge < -0.3 is 0 Å². The number of thioether (sulfide) groups is 1. The van der Waals surface area contributed by atoms with E-state index in [0.717, 1.165) is 23.6 Å². The molecule has 106 valence electrons. The molecule has 1 aliphatic heterocycles. The number of pyridine rings is 1. The molecule has 1 aliphatic rings. The van der Waals surface area contributed by atoms with Gasteiger partial charge in [-0.1, -0.05) is 11.6 Å². The molecule has 7 heteroatoms. The molecule has 1 unspecified atom stereocenters. The van der Waals surface area contributed by atoms with Gasteiger partial charge >= 0.3 is 0 Å². The second-order valence-corrected chi connectivity index (χ2v) is 8.21. The monoisotopic (exact) mass is 320 g/mol. The fraction of sp³-hybridized carbons (Fsp3) is 0.583. The Balaban J connectivity index is 1.87. The van der Waals surface area contributed by atoms with Crippen molar-refractivity contribution in [2.24, 2.45) is 5.92 Å². The van der Waals surface area contributed by atoms with E-state index >= 15 is 0 Å². The minimum Gasteiger partial charge on any atom is -0.248 e. The van der Waals surface area contributed by atoms with Crippen LogP contribution in [0.4, 0.5) is 0 Å². The Kier molecular flexibility index (Phi) is 5.11. The number of aromatic nitrogens is 1. The number of halogens is 1. The summed E-state index contributed by atoms with van der Waals surface area (Å²) < 4.78 is 24.7. The van der Waals surface area contributed by atoms with Gasteiger partial charge in [0.15, 0.2) is 0 Å². The van der Waals surface area contributed by atoms with E-state index in [1.165, 1.54) is 6.26 Å². The zero-order chi connectivity index (χ0) is 13.9. The molecule has 19 heavy (non-hydrogen) atoms. The molecule has 4 nitrogen and oxygen atoms in total. The van der Waals surface area contributed by atoms with E-state index in [9.17, 15) is 8.42 Å². The van der Waals surface area contributed by atoms with Gasteiger partial charge in [0.05, 0.1) is 16.3 Å². The second kappa shape index (κ2) is 6.43. The molecular formula is C12H17ClN2O2S2. The number of nitrogens with zero attached hydrogens (tertiary/aromatic N) is 2. The van der Waals surface area contributed by atoms with Crippen molar-refractivity contribution in [1.82, 2.24) is 9.29 Å². The first-order chi connectivity index (χ1) is 8.95. The zero-order valence-electron chi connectivity index (χ0n) is 10.8. The maximum Gasteiger partial charge on any atom is 0.211 e. The molecule has 0 amide bonds. The first-order valence-electron chi connectivity index (χ1n) is 6.14. The topological polar surface area (TPSA) is 50.3 Å². The fourth-order valence-corrected chi connectivity index (χ4v) is 4.14. The first kappa shape index (κ1) is 15.1. The maximum atomic E-state index is 11.5. The van der Waals surface area contributed by atoms with Gasteiger partial charge in [0.25, 0.3) is 0 Å². The first-order valence-corrected chi connectivity index (χ1v) is 9.36. The Bertz CT molecular complexity index is 519. The lowest BCUT2D eigenvalue weighted by molar-refractivity contribution is 0.286. The summed E-state index contributed by atoms with van der Waals surface area (Å²) in [5.74, 6) is 1.28. The number of rotatable bonds is 4. The molecule has 0 saturated carbocycles. The molecular weight excluding hydrogens is 304 g/mol. The van der Waals surface area contributed by atoms with Crippen LogP contribution < -0.4 is 0 Å². The van der Waals surface area contributed by atoms with Crippen molar-refractivity contribution in [3.05, 3.63) is 23.4 Å². The van der Waals surface area contributed by atoms with Gasteiger partial charge in [0.2, 0.25) is 10.0 Å². The van der Waals surface area contributed by atoms with Gasteiger partial charge in [0, 0.05) is 25.0 Å². The molecule has 0 aliphatic carbocycles. The summed E-state index contributed by atoms with van der Waals surface area (Å²) in [7, 11) is -3.06. The van der Waals surface area contributed by atoms with Crippen LogP contribution in [0, 0.1) is 5.92 Å². The molecule has 1 atom stereocenters. The van der Waals surface area contributed by atoms with Crippen LogP contribution in [0.1, 0.15) is 12.8 Å². The van der Waals surface area contributed by atoms with Gasteiger partial charge in [-0.3, -0.25) is 0 Å². The highest BCUT2D eigenvalue weighted by atomic mass is 35.5. The molecule has 1 fully saturated rings. The molecule has 2 rings (SSSR count). The summed E-state index contributed by atoms with van der Waals surface area (Å²) in [6.07, 6.45) is 4.93. The molecule has 0 radical (unpaired) electrons. The van der Waals surface area contributed by atoms with E-state index in [1.54, 1.807) is 22.3 Å². The third-order valence-corrected chi connectivity index (χ3v) is 5.79. The summed E-state index contributed by atoms with van der Waals surface area (Å²) in [6.45, 7) is 1.28. The van der Waals surface area contributed by atoms with E-state index in [4.69, 9.17) is 11.6 Å². The van der Waals surface area contributed by atoms with Crippen LogP contribution in [0.15, 0.2) is 23.4 Å². The van der Waals surface area contributed by atoms with E-state index in [-0.39, 0.29) is 0 Å². The zero-order valence-corrected chi connectivity index (χ0v) is 13.1. The van der Waals surface area contributed by atoms with Crippen molar-refractivity contribution in [2.45, 2.75) is 17.9 Å². The molecule has 2 heterocycles. The van der Waals surface area contributed by atoms with Crippen molar-refractivity contribution in [1.29, 1.82) is 0 Å². The Labute approximate surface area is 123 Å². The van der Waals surface area contributed by atoms with Crippen LogP contribution >= 0.6 is 23.4 Å². The highest BCUT2D eigenvalue weighted by molar-refractivity contribution is 7.99. The van der Waals surface area contributed by atoms with Crippen molar-refractivity contribution in [3.8, 4) is 0 Å². The summed E-state index contributed by atoms with van der Waals surface area (Å²) >= 11 is 7.44. The highest BCUT2D eigenvalue weighted by Crippen LogP contribution is 2.26. The lowest BCUT2D eigenvalue weighted by Crippen LogP contribution is -2.39. The average Bonchev–Trinajstić information content (AvgIpc) is 2.37. The minimum absolute atomic E-state index is 0.394. The lowest BCUT2D eigenvalue weighted by Gasteiger charge is -2.30. The van der Waals surface area contributed by atoms with Crippen molar-refractivity contribution in [3.63, 3.8) is 0 Å². The normalized spacial score (nSPS) is 21.5. The van der Waals surface area contributed by atoms with Gasteiger partial charge in [-0.25, -0.2) is 17.7 Å². The average molecular weight is 321 g/mol. The molecule has 0 spiro atoms. The predicted octanol–water partition coefficient (Wildman–Crippen LogP) is 2.50. The van der Waals surface area contributed by atoms with Crippen LogP contribution in [-0.2, 0) is 10.0 Å². The second-order valence-electron chi connectivity index (χ2n) is 4.75. The largest absolute Gasteiger partial charge is 0.248 e. The van der Waals surface area contributed by atoms with Crippen LogP contribution in [0.3, 0.4) is 0 Å². The molecule has 1 aromatic heterocycles. The van der Waals surface area contributed by atoms with E-state index in [2.05, 4.69) is 4.98 Å². The SMILES string of the molecule is CS(=O)(=O)N1CCCC(CSc2ccc(Cl)cn2)C1. The third-order valence-electron chi connectivity index (χ3n) is 3.12. The molecule has 0 aromatic carbocycles. The Hall–Kier alpha value is -0.300. The molecule has 0 bridgehead atoms. The Morgan fingerprint density at radius 3 is 2.95 bits per heavy atom. The van der Waals surface area contributed by atoms with Crippen molar-refractivity contribution < 1.29 is 8.42 Å². The summed E-state index contributed by atoms with van der Waals surface area (Å²) in [4.78, 5) is 4.23. The highest BCUT2D eigenvalue weighted by Gasteiger charge is 2.25. The van der Waals surface area contributed by atoms with Crippen LogP contribution in [0.25, 0.3) is 0 Å². The Morgan fingerprint density at radius 1 is 1.53 bits per heavy atom. The smallest absolute Gasteiger partial charge is 0.211 e. The molecule has 1 aromatic rings. The molecule has 0 N–H and O–H groups in total. The number of sulfonamides is 1. The minimum atomic E-state index is -3.06. The summed E-state index contributed by atoms with van der Waals surface area (Å²) in [5.41, 5.74) is 0. The van der Waals surface area contributed by atoms with E-state index < -0.39 is 10.0 Å². The van der Waals surface area contributed by atoms with Crippen molar-refractivity contribution >= 4 is 33.4 Å². The van der Waals surface area contributed by atoms with Gasteiger partial charge in [-0.15, -0.1) is 11.8 Å². The van der Waals surface area contributed by atoms with Gasteiger partial charge in [-0.2, -0.15) is 0 Å². The summed E-state index contributed by atoms with van der Waals surface area (Å²) in [6, 6.07) is 3.71. The number of hydrogen-bond acceptors (Lipinski definition) is 4.